The van der Waals surface area contributed by atoms with Crippen molar-refractivity contribution in [1.82, 2.24) is 15.1 Å². The molecule has 2 heterocycles. The van der Waals surface area contributed by atoms with Gasteiger partial charge in [-0.1, -0.05) is 30.3 Å². The quantitative estimate of drug-likeness (QED) is 0.441. The highest BCUT2D eigenvalue weighted by Crippen LogP contribution is 2.32. The molecule has 6 nitrogen and oxygen atoms in total. The van der Waals surface area contributed by atoms with Crippen LogP contribution in [0.4, 0.5) is 5.69 Å². The predicted octanol–water partition coefficient (Wildman–Crippen LogP) is 5.27. The molecule has 0 saturated heterocycles. The van der Waals surface area contributed by atoms with Crippen molar-refractivity contribution in [3.8, 4) is 5.69 Å². The van der Waals surface area contributed by atoms with Crippen molar-refractivity contribution in [1.29, 1.82) is 0 Å². The molecule has 2 amide bonds. The van der Waals surface area contributed by atoms with Crippen LogP contribution >= 0.6 is 11.3 Å². The summed E-state index contributed by atoms with van der Waals surface area (Å²) in [6.07, 6.45) is 0. The lowest BCUT2D eigenvalue weighted by molar-refractivity contribution is -0.121. The van der Waals surface area contributed by atoms with Crippen LogP contribution in [0.2, 0.25) is 0 Å². The fraction of sp³-hybridized carbons (Fsp3) is 0.269. The standard InChI is InChI=1S/C26H28N4O2S/c1-17-10-9-13-20(14-17)29(16-23(31)27-26(3,4)5)24(32)22-15-21-18(2)28-30(25(21)33-22)19-11-7-6-8-12-19/h6-15H,16H2,1-5H3,(H,27,31). The minimum Gasteiger partial charge on any atom is -0.350 e. The number of benzene rings is 2. The van der Waals surface area contributed by atoms with Crippen molar-refractivity contribution in [2.45, 2.75) is 40.2 Å². The molecule has 4 aromatic rings. The van der Waals surface area contributed by atoms with Crippen molar-refractivity contribution in [3.05, 3.63) is 76.8 Å². The van der Waals surface area contributed by atoms with Crippen molar-refractivity contribution in [3.63, 3.8) is 0 Å². The Morgan fingerprint density at radius 3 is 2.42 bits per heavy atom. The minimum absolute atomic E-state index is 0.0579. The number of nitrogens with one attached hydrogen (secondary N) is 1. The highest BCUT2D eigenvalue weighted by atomic mass is 32.1. The summed E-state index contributed by atoms with van der Waals surface area (Å²) in [4.78, 5) is 29.5. The largest absolute Gasteiger partial charge is 0.350 e. The van der Waals surface area contributed by atoms with E-state index in [4.69, 9.17) is 0 Å². The number of amides is 2. The van der Waals surface area contributed by atoms with E-state index in [1.54, 1.807) is 4.90 Å². The molecule has 33 heavy (non-hydrogen) atoms. The van der Waals surface area contributed by atoms with E-state index in [9.17, 15) is 9.59 Å². The van der Waals surface area contributed by atoms with Gasteiger partial charge in [0.2, 0.25) is 5.91 Å². The van der Waals surface area contributed by atoms with Gasteiger partial charge in [0.25, 0.3) is 5.91 Å². The molecular weight excluding hydrogens is 432 g/mol. The van der Waals surface area contributed by atoms with Crippen molar-refractivity contribution in [2.24, 2.45) is 0 Å². The summed E-state index contributed by atoms with van der Waals surface area (Å²) in [5, 5.41) is 8.56. The number of anilines is 1. The maximum absolute atomic E-state index is 13.7. The van der Waals surface area contributed by atoms with E-state index in [1.807, 2.05) is 100.0 Å². The molecule has 7 heteroatoms. The SMILES string of the molecule is Cc1cccc(N(CC(=O)NC(C)(C)C)C(=O)c2cc3c(C)nn(-c4ccccc4)c3s2)c1. The molecule has 0 aliphatic rings. The molecule has 0 bridgehead atoms. The topological polar surface area (TPSA) is 67.2 Å². The van der Waals surface area contributed by atoms with Gasteiger partial charge in [-0.05, 0) is 70.5 Å². The first-order valence-electron chi connectivity index (χ1n) is 10.9. The fourth-order valence-electron chi connectivity index (χ4n) is 3.71. The number of thiophene rings is 1. The summed E-state index contributed by atoms with van der Waals surface area (Å²) in [6, 6.07) is 19.4. The zero-order chi connectivity index (χ0) is 23.8. The van der Waals surface area contributed by atoms with Crippen LogP contribution in [-0.4, -0.2) is 33.7 Å². The van der Waals surface area contributed by atoms with Crippen molar-refractivity contribution in [2.75, 3.05) is 11.4 Å². The summed E-state index contributed by atoms with van der Waals surface area (Å²) >= 11 is 1.39. The second-order valence-electron chi connectivity index (χ2n) is 9.19. The fourth-order valence-corrected chi connectivity index (χ4v) is 4.84. The third-order valence-corrected chi connectivity index (χ3v) is 6.23. The normalized spacial score (nSPS) is 11.5. The zero-order valence-electron chi connectivity index (χ0n) is 19.5. The Morgan fingerprint density at radius 1 is 1.03 bits per heavy atom. The average molecular weight is 461 g/mol. The third kappa shape index (κ3) is 4.98. The van der Waals surface area contributed by atoms with Gasteiger partial charge < -0.3 is 5.32 Å². The van der Waals surface area contributed by atoms with Crippen LogP contribution in [0, 0.1) is 13.8 Å². The minimum atomic E-state index is -0.383. The Balaban J connectivity index is 1.73. The van der Waals surface area contributed by atoms with E-state index >= 15 is 0 Å². The van der Waals surface area contributed by atoms with E-state index in [-0.39, 0.29) is 23.9 Å². The molecule has 0 fully saturated rings. The first-order chi connectivity index (χ1) is 15.6. The average Bonchev–Trinajstić information content (AvgIpc) is 3.31. The van der Waals surface area contributed by atoms with Gasteiger partial charge in [-0.15, -0.1) is 11.3 Å². The maximum Gasteiger partial charge on any atom is 0.268 e. The van der Waals surface area contributed by atoms with Gasteiger partial charge in [0.15, 0.2) is 0 Å². The zero-order valence-corrected chi connectivity index (χ0v) is 20.4. The summed E-state index contributed by atoms with van der Waals surface area (Å²) in [5.74, 6) is -0.407. The number of rotatable bonds is 5. The lowest BCUT2D eigenvalue weighted by Crippen LogP contribution is -2.47. The molecule has 0 unspecified atom stereocenters. The van der Waals surface area contributed by atoms with Crippen LogP contribution in [0.25, 0.3) is 15.9 Å². The van der Waals surface area contributed by atoms with Gasteiger partial charge in [0.1, 0.15) is 11.4 Å². The van der Waals surface area contributed by atoms with Crippen LogP contribution in [0.5, 0.6) is 0 Å². The Hall–Kier alpha value is -3.45. The van der Waals surface area contributed by atoms with Crippen LogP contribution in [0.3, 0.4) is 0 Å². The highest BCUT2D eigenvalue weighted by molar-refractivity contribution is 7.20. The Labute approximate surface area is 197 Å². The predicted molar refractivity (Wildman–Crippen MR) is 134 cm³/mol. The number of hydrogen-bond donors (Lipinski definition) is 1. The molecule has 4 rings (SSSR count). The van der Waals surface area contributed by atoms with Crippen molar-refractivity contribution < 1.29 is 9.59 Å². The number of hydrogen-bond acceptors (Lipinski definition) is 4. The number of nitrogens with zero attached hydrogens (tertiary/aromatic N) is 3. The summed E-state index contributed by atoms with van der Waals surface area (Å²) in [7, 11) is 0. The first-order valence-corrected chi connectivity index (χ1v) is 11.7. The van der Waals surface area contributed by atoms with E-state index in [0.717, 1.165) is 27.2 Å². The van der Waals surface area contributed by atoms with Gasteiger partial charge in [-0.3, -0.25) is 14.5 Å². The Morgan fingerprint density at radius 2 is 1.76 bits per heavy atom. The second kappa shape index (κ2) is 8.83. The van der Waals surface area contributed by atoms with Gasteiger partial charge in [0.05, 0.1) is 16.3 Å². The molecule has 1 N–H and O–H groups in total. The second-order valence-corrected chi connectivity index (χ2v) is 10.2. The molecule has 0 aliphatic heterocycles. The lowest BCUT2D eigenvalue weighted by atomic mass is 10.1. The molecule has 0 atom stereocenters. The Bertz CT molecular complexity index is 1320. The van der Waals surface area contributed by atoms with Gasteiger partial charge in [0, 0.05) is 16.6 Å². The monoisotopic (exact) mass is 460 g/mol. The molecule has 0 saturated carbocycles. The molecule has 0 spiro atoms. The van der Waals surface area contributed by atoms with Gasteiger partial charge in [-0.2, -0.15) is 5.10 Å². The molecule has 2 aromatic carbocycles. The molecule has 0 radical (unpaired) electrons. The molecular formula is C26H28N4O2S. The van der Waals surface area contributed by atoms with E-state index in [0.29, 0.717) is 10.6 Å². The van der Waals surface area contributed by atoms with E-state index in [2.05, 4.69) is 10.4 Å². The lowest BCUT2D eigenvalue weighted by Gasteiger charge is -2.26. The number of para-hydroxylation sites is 1. The molecule has 170 valence electrons. The molecule has 0 aliphatic carbocycles. The highest BCUT2D eigenvalue weighted by Gasteiger charge is 2.26. The first kappa shape index (κ1) is 22.7. The number of carbonyl (C=O) groups excluding carboxylic acids is 2. The number of fused-ring (bicyclic) bond motifs is 1. The Kier molecular flexibility index (Phi) is 6.08. The summed E-state index contributed by atoms with van der Waals surface area (Å²) < 4.78 is 1.87. The van der Waals surface area contributed by atoms with Crippen LogP contribution in [0.15, 0.2) is 60.7 Å². The van der Waals surface area contributed by atoms with Gasteiger partial charge >= 0.3 is 0 Å². The van der Waals surface area contributed by atoms with Crippen LogP contribution in [-0.2, 0) is 4.79 Å². The summed E-state index contributed by atoms with van der Waals surface area (Å²) in [6.45, 7) is 9.63. The number of aromatic nitrogens is 2. The van der Waals surface area contributed by atoms with Crippen LogP contribution < -0.4 is 10.2 Å². The van der Waals surface area contributed by atoms with E-state index in [1.165, 1.54) is 11.3 Å². The van der Waals surface area contributed by atoms with Crippen LogP contribution in [0.1, 0.15) is 41.7 Å². The van der Waals surface area contributed by atoms with Crippen molar-refractivity contribution >= 4 is 39.1 Å². The van der Waals surface area contributed by atoms with Gasteiger partial charge in [-0.25, -0.2) is 4.68 Å². The maximum atomic E-state index is 13.7. The third-order valence-electron chi connectivity index (χ3n) is 5.13. The summed E-state index contributed by atoms with van der Waals surface area (Å²) in [5.41, 5.74) is 3.14. The number of carbonyl (C=O) groups is 2. The van der Waals surface area contributed by atoms with E-state index < -0.39 is 0 Å². The number of aryl methyl sites for hydroxylation is 2. The molecule has 2 aromatic heterocycles. The smallest absolute Gasteiger partial charge is 0.268 e.